The second-order valence-electron chi connectivity index (χ2n) is 19.6. The Morgan fingerprint density at radius 1 is 1.12 bits per heavy atom. The Morgan fingerprint density at radius 3 is 2.63 bits per heavy atom. The summed E-state index contributed by atoms with van der Waals surface area (Å²) in [6.45, 7) is 19.2. The summed E-state index contributed by atoms with van der Waals surface area (Å²) in [4.78, 5) is 79.6. The molecule has 2 aromatic heterocycles. The topological polar surface area (TPSA) is 168 Å². The molecule has 3 saturated heterocycles. The molecular weight excluding hydrogens is 829 g/mol. The number of amides is 4. The number of carbonyl (C=O) groups is 5. The maximum absolute atomic E-state index is 14.8. The van der Waals surface area contributed by atoms with Gasteiger partial charge in [0.15, 0.2) is 0 Å². The Hall–Kier alpha value is -5.32. The summed E-state index contributed by atoms with van der Waals surface area (Å²) in [7, 11) is 3.28. The van der Waals surface area contributed by atoms with Gasteiger partial charge in [-0.2, -0.15) is 0 Å². The van der Waals surface area contributed by atoms with E-state index in [0.29, 0.717) is 71.6 Å². The highest BCUT2D eigenvalue weighted by Gasteiger charge is 2.44. The highest BCUT2D eigenvalue weighted by Crippen LogP contribution is 2.41. The average molecular weight is 897 g/mol. The molecule has 0 saturated carbocycles. The fraction of sp³-hybridized carbons (Fsp3) is 0.592. The standard InChI is InChI=1S/C49H68N8O8/c1-10-41(58)54-21-18-32(27-54)45(60)53(8)42(31(3)4)44(59)51-38-26-49(7)29-55(22-23-65-49)33-16-17-40-35(24-33)36(43(56(40)11-2)34-14-12-19-50-39(34)28-63-9)25-48(5,6)30-64-47(62)37-15-13-20-57(52-37)46(38)61/h10,12,14,16-17,19,24,31-32,37-38,42,52H,1,11,13,15,18,20-23,25-30H2,2-9H3,(H,51,59)/t32-,37-,38-,42-,49+/m0/s1. The van der Waals surface area contributed by atoms with E-state index in [1.165, 1.54) is 16.0 Å². The number of methoxy groups -OCH3 is 1. The number of aromatic nitrogens is 2. The molecule has 6 heterocycles. The van der Waals surface area contributed by atoms with E-state index in [2.05, 4.69) is 71.8 Å². The summed E-state index contributed by atoms with van der Waals surface area (Å²) in [5, 5.41) is 5.60. The Kier molecular flexibility index (Phi) is 14.4. The molecule has 5 atom stereocenters. The third kappa shape index (κ3) is 10.1. The minimum Gasteiger partial charge on any atom is -0.464 e. The maximum atomic E-state index is 14.8. The number of pyridine rings is 1. The number of carbonyl (C=O) groups excluding carboxylic acids is 5. The molecule has 352 valence electrons. The van der Waals surface area contributed by atoms with Crippen molar-refractivity contribution in [1.82, 2.24) is 35.1 Å². The largest absolute Gasteiger partial charge is 0.464 e. The third-order valence-electron chi connectivity index (χ3n) is 13.5. The van der Waals surface area contributed by atoms with Gasteiger partial charge in [-0.25, -0.2) is 5.43 Å². The molecule has 6 bridgehead atoms. The van der Waals surface area contributed by atoms with E-state index in [4.69, 9.17) is 19.2 Å². The number of likely N-dealkylation sites (tertiary alicyclic amines) is 1. The normalized spacial score (nSPS) is 24.4. The Bertz CT molecular complexity index is 2290. The number of likely N-dealkylation sites (N-methyl/N-ethyl adjacent to an activating group) is 1. The second-order valence-corrected chi connectivity index (χ2v) is 19.6. The minimum absolute atomic E-state index is 0.117. The molecule has 16 heteroatoms. The first-order chi connectivity index (χ1) is 31.0. The first-order valence-electron chi connectivity index (χ1n) is 23.2. The van der Waals surface area contributed by atoms with Crippen molar-refractivity contribution in [3.63, 3.8) is 0 Å². The van der Waals surface area contributed by atoms with Gasteiger partial charge in [0.2, 0.25) is 17.7 Å². The summed E-state index contributed by atoms with van der Waals surface area (Å²) in [5.74, 6) is -2.60. The van der Waals surface area contributed by atoms with E-state index in [1.54, 1.807) is 25.3 Å². The highest BCUT2D eigenvalue weighted by atomic mass is 16.5. The molecule has 2 N–H and O–H groups in total. The number of benzene rings is 1. The second kappa shape index (κ2) is 19.6. The van der Waals surface area contributed by atoms with E-state index < -0.39 is 52.8 Å². The number of esters is 1. The van der Waals surface area contributed by atoms with E-state index in [1.807, 2.05) is 26.8 Å². The van der Waals surface area contributed by atoms with Crippen LogP contribution >= 0.6 is 0 Å². The number of rotatable bonds is 10. The lowest BCUT2D eigenvalue weighted by Gasteiger charge is -2.44. The van der Waals surface area contributed by atoms with Gasteiger partial charge in [-0.3, -0.25) is 34.0 Å². The van der Waals surface area contributed by atoms with Crippen LogP contribution < -0.4 is 15.6 Å². The van der Waals surface area contributed by atoms with Crippen LogP contribution in [0.25, 0.3) is 22.2 Å². The van der Waals surface area contributed by atoms with Gasteiger partial charge in [-0.15, -0.1) is 0 Å². The number of nitrogens with one attached hydrogen (secondary N) is 2. The van der Waals surface area contributed by atoms with Gasteiger partial charge in [0.25, 0.3) is 5.91 Å². The number of ether oxygens (including phenoxy) is 3. The van der Waals surface area contributed by atoms with Gasteiger partial charge in [0, 0.05) is 93.6 Å². The van der Waals surface area contributed by atoms with Gasteiger partial charge < -0.3 is 38.8 Å². The molecule has 0 spiro atoms. The molecule has 16 nitrogen and oxygen atoms in total. The Labute approximate surface area is 382 Å². The molecular formula is C49H68N8O8. The lowest BCUT2D eigenvalue weighted by atomic mass is 9.84. The molecule has 4 aliphatic heterocycles. The molecule has 7 rings (SSSR count). The molecule has 1 aromatic carbocycles. The predicted molar refractivity (Wildman–Crippen MR) is 247 cm³/mol. The van der Waals surface area contributed by atoms with E-state index in [-0.39, 0.29) is 37.3 Å². The summed E-state index contributed by atoms with van der Waals surface area (Å²) in [5.41, 5.74) is 7.84. The van der Waals surface area contributed by atoms with Gasteiger partial charge in [0.1, 0.15) is 18.1 Å². The fourth-order valence-electron chi connectivity index (χ4n) is 10.3. The predicted octanol–water partition coefficient (Wildman–Crippen LogP) is 4.48. The maximum Gasteiger partial charge on any atom is 0.324 e. The highest BCUT2D eigenvalue weighted by molar-refractivity contribution is 5.95. The quantitative estimate of drug-likeness (QED) is 0.218. The smallest absolute Gasteiger partial charge is 0.324 e. The molecule has 3 fully saturated rings. The van der Waals surface area contributed by atoms with Crippen LogP contribution in [0.3, 0.4) is 0 Å². The number of cyclic esters (lactones) is 1. The van der Waals surface area contributed by atoms with E-state index in [9.17, 15) is 24.0 Å². The summed E-state index contributed by atoms with van der Waals surface area (Å²) < 4.78 is 20.6. The van der Waals surface area contributed by atoms with Crippen molar-refractivity contribution >= 4 is 46.2 Å². The number of fused-ring (bicyclic) bond motifs is 6. The van der Waals surface area contributed by atoms with Crippen LogP contribution in [0.1, 0.15) is 78.5 Å². The first kappa shape index (κ1) is 47.6. The van der Waals surface area contributed by atoms with Gasteiger partial charge in [-0.05, 0) is 87.4 Å². The molecule has 4 amide bonds. The number of aryl methyl sites for hydroxylation is 1. The van der Waals surface area contributed by atoms with Crippen molar-refractivity contribution in [3.8, 4) is 11.3 Å². The molecule has 0 radical (unpaired) electrons. The van der Waals surface area contributed by atoms with Crippen molar-refractivity contribution < 1.29 is 38.2 Å². The van der Waals surface area contributed by atoms with Crippen LogP contribution in [0.15, 0.2) is 49.2 Å². The van der Waals surface area contributed by atoms with Gasteiger partial charge >= 0.3 is 5.97 Å². The van der Waals surface area contributed by atoms with Crippen molar-refractivity contribution in [2.45, 2.75) is 111 Å². The summed E-state index contributed by atoms with van der Waals surface area (Å²) in [6.07, 6.45) is 5.23. The number of hydrazine groups is 1. The van der Waals surface area contributed by atoms with Crippen LogP contribution in [-0.4, -0.2) is 138 Å². The van der Waals surface area contributed by atoms with Crippen LogP contribution in [-0.2, 0) is 57.8 Å². The molecule has 3 aromatic rings. The molecule has 4 aliphatic rings. The van der Waals surface area contributed by atoms with Crippen LogP contribution in [0.2, 0.25) is 0 Å². The number of hydrogen-bond donors (Lipinski definition) is 2. The Morgan fingerprint density at radius 2 is 1.91 bits per heavy atom. The zero-order valence-electron chi connectivity index (χ0n) is 39.5. The molecule has 0 unspecified atom stereocenters. The van der Waals surface area contributed by atoms with Crippen molar-refractivity contribution in [3.05, 3.63) is 60.4 Å². The van der Waals surface area contributed by atoms with Crippen molar-refractivity contribution in [1.29, 1.82) is 0 Å². The number of hydrogen-bond acceptors (Lipinski definition) is 11. The third-order valence-corrected chi connectivity index (χ3v) is 13.5. The number of morpholine rings is 1. The van der Waals surface area contributed by atoms with E-state index in [0.717, 1.165) is 39.1 Å². The average Bonchev–Trinajstić information content (AvgIpc) is 3.90. The summed E-state index contributed by atoms with van der Waals surface area (Å²) in [6, 6.07) is 7.81. The van der Waals surface area contributed by atoms with Crippen LogP contribution in [0.5, 0.6) is 0 Å². The number of nitrogens with zero attached hydrogens (tertiary/aromatic N) is 6. The van der Waals surface area contributed by atoms with E-state index >= 15 is 0 Å². The lowest BCUT2D eigenvalue weighted by Crippen LogP contribution is -2.64. The van der Waals surface area contributed by atoms with Crippen molar-refractivity contribution in [2.24, 2.45) is 17.3 Å². The molecule has 0 aliphatic carbocycles. The zero-order chi connectivity index (χ0) is 46.8. The van der Waals surface area contributed by atoms with Gasteiger partial charge in [-0.1, -0.05) is 34.3 Å². The van der Waals surface area contributed by atoms with Crippen molar-refractivity contribution in [2.75, 3.05) is 65.0 Å². The van der Waals surface area contributed by atoms with Crippen LogP contribution in [0.4, 0.5) is 5.69 Å². The lowest BCUT2D eigenvalue weighted by molar-refractivity contribution is -0.156. The monoisotopic (exact) mass is 897 g/mol. The zero-order valence-corrected chi connectivity index (χ0v) is 39.5. The number of anilines is 1. The van der Waals surface area contributed by atoms with Gasteiger partial charge in [0.05, 0.1) is 42.7 Å². The SMILES string of the molecule is C=CC(=O)N1CC[C@H](C(=O)N(C)[C@H](C(=O)N[C@H]2C[C@]3(C)CN(CCO3)c3ccc4c(c3)c(c(-c3cccnc3COC)n4CC)CC(C)(C)COC(=O)[C@@H]3CCCN(N3)C2=O)C(C)C)C1. The first-order valence-corrected chi connectivity index (χ1v) is 23.2. The summed E-state index contributed by atoms with van der Waals surface area (Å²) >= 11 is 0. The molecule has 65 heavy (non-hydrogen) atoms. The fourth-order valence-corrected chi connectivity index (χ4v) is 10.3. The Balaban J connectivity index is 1.26. The van der Waals surface area contributed by atoms with Crippen LogP contribution in [0, 0.1) is 17.3 Å². The minimum atomic E-state index is -1.08.